The van der Waals surface area contributed by atoms with Crippen LogP contribution in [0.15, 0.2) is 60.7 Å². The Labute approximate surface area is 173 Å². The zero-order valence-electron chi connectivity index (χ0n) is 17.3. The average Bonchev–Trinajstić information content (AvgIpc) is 3.31. The van der Waals surface area contributed by atoms with Crippen LogP contribution in [0, 0.1) is 17.8 Å². The lowest BCUT2D eigenvalue weighted by Gasteiger charge is -2.26. The second-order valence-corrected chi connectivity index (χ2v) is 8.82. The van der Waals surface area contributed by atoms with E-state index in [2.05, 4.69) is 19.2 Å². The van der Waals surface area contributed by atoms with Crippen LogP contribution >= 0.6 is 0 Å². The maximum Gasteiger partial charge on any atom is 0.253 e. The molecule has 2 aromatic carbocycles. The topological polar surface area (TPSA) is 49.4 Å². The molecule has 1 heterocycles. The third-order valence-corrected chi connectivity index (χ3v) is 6.60. The van der Waals surface area contributed by atoms with Crippen molar-refractivity contribution in [1.29, 1.82) is 0 Å². The van der Waals surface area contributed by atoms with Crippen LogP contribution in [0.1, 0.15) is 48.5 Å². The number of hydrogen-bond donors (Lipinski definition) is 1. The van der Waals surface area contributed by atoms with Gasteiger partial charge in [-0.05, 0) is 42.4 Å². The Balaban J connectivity index is 1.43. The van der Waals surface area contributed by atoms with Crippen LogP contribution in [-0.2, 0) is 4.79 Å². The lowest BCUT2D eigenvalue weighted by molar-refractivity contribution is -0.124. The highest BCUT2D eigenvalue weighted by Crippen LogP contribution is 2.39. The third-order valence-electron chi connectivity index (χ3n) is 6.60. The van der Waals surface area contributed by atoms with Gasteiger partial charge in [-0.2, -0.15) is 0 Å². The molecule has 152 valence electrons. The Morgan fingerprint density at radius 3 is 2.24 bits per heavy atom. The summed E-state index contributed by atoms with van der Waals surface area (Å²) in [5.41, 5.74) is 1.82. The average molecular weight is 391 g/mol. The highest BCUT2D eigenvalue weighted by molar-refractivity contribution is 5.94. The number of rotatable bonds is 5. The number of carbonyl (C=O) groups excluding carboxylic acids is 2. The van der Waals surface area contributed by atoms with Gasteiger partial charge in [0.1, 0.15) is 0 Å². The molecular formula is C25H30N2O2. The van der Waals surface area contributed by atoms with Gasteiger partial charge in [-0.25, -0.2) is 0 Å². The van der Waals surface area contributed by atoms with Crippen LogP contribution in [0.2, 0.25) is 0 Å². The minimum Gasteiger partial charge on any atom is -0.352 e. The van der Waals surface area contributed by atoms with Crippen LogP contribution in [-0.4, -0.2) is 35.8 Å². The molecule has 4 rings (SSSR count). The summed E-state index contributed by atoms with van der Waals surface area (Å²) < 4.78 is 0. The molecule has 2 aliphatic rings. The summed E-state index contributed by atoms with van der Waals surface area (Å²) >= 11 is 0. The van der Waals surface area contributed by atoms with E-state index >= 15 is 0 Å². The molecule has 1 aliphatic heterocycles. The summed E-state index contributed by atoms with van der Waals surface area (Å²) in [5, 5.41) is 3.35. The molecule has 1 unspecified atom stereocenters. The minimum absolute atomic E-state index is 0.106. The summed E-state index contributed by atoms with van der Waals surface area (Å²) in [4.78, 5) is 28.0. The third kappa shape index (κ3) is 4.07. The normalized spacial score (nSPS) is 24.4. The maximum absolute atomic E-state index is 13.2. The van der Waals surface area contributed by atoms with E-state index in [-0.39, 0.29) is 29.7 Å². The minimum atomic E-state index is -0.140. The molecular weight excluding hydrogens is 360 g/mol. The Bertz CT molecular complexity index is 850. The van der Waals surface area contributed by atoms with E-state index in [0.717, 1.165) is 37.1 Å². The number of nitrogens with one attached hydrogen (secondary N) is 1. The predicted molar refractivity (Wildman–Crippen MR) is 115 cm³/mol. The van der Waals surface area contributed by atoms with Crippen molar-refractivity contribution in [2.24, 2.45) is 17.8 Å². The molecule has 1 N–H and O–H groups in total. The highest BCUT2D eigenvalue weighted by atomic mass is 16.2. The van der Waals surface area contributed by atoms with Gasteiger partial charge in [0.2, 0.25) is 5.91 Å². The first-order valence-corrected chi connectivity index (χ1v) is 10.7. The van der Waals surface area contributed by atoms with E-state index in [9.17, 15) is 9.59 Å². The molecule has 4 heteroatoms. The zero-order valence-corrected chi connectivity index (χ0v) is 17.3. The van der Waals surface area contributed by atoms with Gasteiger partial charge in [-0.3, -0.25) is 9.59 Å². The lowest BCUT2D eigenvalue weighted by Crippen LogP contribution is -2.43. The second-order valence-electron chi connectivity index (χ2n) is 8.82. The van der Waals surface area contributed by atoms with Crippen molar-refractivity contribution >= 4 is 11.8 Å². The molecule has 0 bridgehead atoms. The summed E-state index contributed by atoms with van der Waals surface area (Å²) in [7, 11) is 0. The van der Waals surface area contributed by atoms with Gasteiger partial charge in [-0.15, -0.1) is 0 Å². The number of amides is 2. The van der Waals surface area contributed by atoms with E-state index in [4.69, 9.17) is 0 Å². The molecule has 0 radical (unpaired) electrons. The van der Waals surface area contributed by atoms with Crippen LogP contribution in [0.25, 0.3) is 0 Å². The van der Waals surface area contributed by atoms with Gasteiger partial charge >= 0.3 is 0 Å². The molecule has 1 saturated heterocycles. The van der Waals surface area contributed by atoms with E-state index in [1.165, 1.54) is 0 Å². The number of benzene rings is 2. The first-order chi connectivity index (χ1) is 14.0. The van der Waals surface area contributed by atoms with Crippen molar-refractivity contribution in [3.8, 4) is 0 Å². The fourth-order valence-corrected chi connectivity index (χ4v) is 5.15. The number of hydrogen-bond acceptors (Lipinski definition) is 2. The molecule has 1 saturated carbocycles. The smallest absolute Gasteiger partial charge is 0.253 e. The number of likely N-dealkylation sites (tertiary alicyclic amines) is 1. The van der Waals surface area contributed by atoms with Gasteiger partial charge in [-0.1, -0.05) is 62.4 Å². The Morgan fingerprint density at radius 2 is 1.59 bits per heavy atom. The first-order valence-electron chi connectivity index (χ1n) is 10.7. The van der Waals surface area contributed by atoms with E-state index in [1.807, 2.05) is 65.6 Å². The van der Waals surface area contributed by atoms with Gasteiger partial charge in [0.05, 0.1) is 5.92 Å². The lowest BCUT2D eigenvalue weighted by atomic mass is 9.87. The highest BCUT2D eigenvalue weighted by Gasteiger charge is 2.45. The zero-order chi connectivity index (χ0) is 20.4. The monoisotopic (exact) mass is 390 g/mol. The fraction of sp³-hybridized carbons (Fsp3) is 0.440. The molecule has 2 fully saturated rings. The largest absolute Gasteiger partial charge is 0.352 e. The fourth-order valence-electron chi connectivity index (χ4n) is 5.15. The Kier molecular flexibility index (Phi) is 5.70. The first kappa shape index (κ1) is 19.7. The SMILES string of the molecule is CC(C)C(C(=O)N[C@H]1CC[C@@H]2CN(C(=O)c3ccccc3)C[C@@H]21)c1ccccc1. The van der Waals surface area contributed by atoms with Crippen LogP contribution in [0.4, 0.5) is 0 Å². The van der Waals surface area contributed by atoms with Gasteiger partial charge in [0.25, 0.3) is 5.91 Å². The molecule has 2 aromatic rings. The number of nitrogens with zero attached hydrogens (tertiary/aromatic N) is 1. The van der Waals surface area contributed by atoms with Crippen LogP contribution in [0.5, 0.6) is 0 Å². The maximum atomic E-state index is 13.2. The van der Waals surface area contributed by atoms with Crippen molar-refractivity contribution in [3.63, 3.8) is 0 Å². The quantitative estimate of drug-likeness (QED) is 0.836. The number of fused-ring (bicyclic) bond motifs is 1. The van der Waals surface area contributed by atoms with Crippen LogP contribution in [0.3, 0.4) is 0 Å². The number of carbonyl (C=O) groups is 2. The standard InChI is InChI=1S/C25H30N2O2/c1-17(2)23(18-9-5-3-6-10-18)24(28)26-22-14-13-20-15-27(16-21(20)22)25(29)19-11-7-4-8-12-19/h3-12,17,20-23H,13-16H2,1-2H3,(H,26,28)/t20-,21+,22+,23?/m1/s1. The van der Waals surface area contributed by atoms with Gasteiger partial charge in [0, 0.05) is 30.6 Å². The van der Waals surface area contributed by atoms with Crippen molar-refractivity contribution in [3.05, 3.63) is 71.8 Å². The Morgan fingerprint density at radius 1 is 0.931 bits per heavy atom. The molecule has 1 aliphatic carbocycles. The molecule has 0 aromatic heterocycles. The summed E-state index contributed by atoms with van der Waals surface area (Å²) in [6.07, 6.45) is 2.08. The second kappa shape index (κ2) is 8.40. The predicted octanol–water partition coefficient (Wildman–Crippen LogP) is 4.09. The van der Waals surface area contributed by atoms with E-state index in [1.54, 1.807) is 0 Å². The molecule has 4 atom stereocenters. The van der Waals surface area contributed by atoms with Crippen LogP contribution < -0.4 is 5.32 Å². The molecule has 0 spiro atoms. The Hall–Kier alpha value is -2.62. The summed E-state index contributed by atoms with van der Waals surface area (Å²) in [6.45, 7) is 5.74. The van der Waals surface area contributed by atoms with E-state index < -0.39 is 0 Å². The molecule has 2 amide bonds. The van der Waals surface area contributed by atoms with Crippen molar-refractivity contribution in [2.45, 2.75) is 38.6 Å². The van der Waals surface area contributed by atoms with E-state index in [0.29, 0.717) is 11.8 Å². The van der Waals surface area contributed by atoms with Crippen molar-refractivity contribution in [2.75, 3.05) is 13.1 Å². The molecule has 4 nitrogen and oxygen atoms in total. The van der Waals surface area contributed by atoms with Crippen molar-refractivity contribution in [1.82, 2.24) is 10.2 Å². The van der Waals surface area contributed by atoms with Gasteiger partial charge in [0.15, 0.2) is 0 Å². The molecule has 29 heavy (non-hydrogen) atoms. The van der Waals surface area contributed by atoms with Crippen molar-refractivity contribution < 1.29 is 9.59 Å². The summed E-state index contributed by atoms with van der Waals surface area (Å²) in [5.74, 6) is 1.16. The van der Waals surface area contributed by atoms with Gasteiger partial charge < -0.3 is 10.2 Å². The summed E-state index contributed by atoms with van der Waals surface area (Å²) in [6, 6.07) is 19.7.